The van der Waals surface area contributed by atoms with E-state index in [0.29, 0.717) is 13.2 Å². The third-order valence-electron chi connectivity index (χ3n) is 6.20. The van der Waals surface area contributed by atoms with Gasteiger partial charge in [0.15, 0.2) is 0 Å². The molecule has 2 aromatic rings. The Morgan fingerprint density at radius 3 is 1.50 bits per heavy atom. The number of epoxide rings is 2. The highest BCUT2D eigenvalue weighted by molar-refractivity contribution is 5.43. The summed E-state index contributed by atoms with van der Waals surface area (Å²) < 4.78 is 22.1. The lowest BCUT2D eigenvalue weighted by Crippen LogP contribution is -2.30. The number of hydrogen-bond donors (Lipinski definition) is 0. The highest BCUT2D eigenvalue weighted by atomic mass is 16.6. The Morgan fingerprint density at radius 2 is 1.11 bits per heavy atom. The number of ether oxygens (including phenoxy) is 4. The van der Waals surface area contributed by atoms with Gasteiger partial charge in [-0.3, -0.25) is 0 Å². The van der Waals surface area contributed by atoms with Crippen molar-refractivity contribution in [2.24, 2.45) is 0 Å². The fourth-order valence-corrected chi connectivity index (χ4v) is 4.35. The van der Waals surface area contributed by atoms with E-state index in [4.69, 9.17) is 18.9 Å². The fraction of sp³-hybridized carbons (Fsp3) is 0.500. The van der Waals surface area contributed by atoms with Crippen LogP contribution in [0.4, 0.5) is 0 Å². The number of benzene rings is 2. The molecule has 3 fully saturated rings. The van der Waals surface area contributed by atoms with Gasteiger partial charge in [0.25, 0.3) is 0 Å². The Kier molecular flexibility index (Phi) is 5.00. The van der Waals surface area contributed by atoms with Gasteiger partial charge in [-0.25, -0.2) is 0 Å². The lowest BCUT2D eigenvalue weighted by Gasteiger charge is -2.38. The largest absolute Gasteiger partial charge is 0.491 e. The van der Waals surface area contributed by atoms with E-state index in [1.54, 1.807) is 0 Å². The Balaban J connectivity index is 1.35. The molecular weight excluding hydrogens is 352 g/mol. The van der Waals surface area contributed by atoms with Crippen molar-refractivity contribution in [2.75, 3.05) is 26.4 Å². The molecule has 1 saturated carbocycles. The zero-order chi connectivity index (χ0) is 18.8. The third kappa shape index (κ3) is 4.03. The van der Waals surface area contributed by atoms with Crippen LogP contribution in [-0.2, 0) is 14.9 Å². The monoisotopic (exact) mass is 380 g/mol. The van der Waals surface area contributed by atoms with Crippen LogP contribution in [0.25, 0.3) is 0 Å². The standard InChI is InChI=1S/C24H28O4/c1-2-12-24(13-3-1,18-4-8-20(9-5-18)25-14-22-16-27-22)19-6-10-21(11-7-19)26-15-23-17-28-23/h4-11,22-23H,1-3,12-17H2. The Bertz CT molecular complexity index is 708. The van der Waals surface area contributed by atoms with Crippen LogP contribution < -0.4 is 9.47 Å². The fourth-order valence-electron chi connectivity index (χ4n) is 4.35. The maximum atomic E-state index is 5.83. The van der Waals surface area contributed by atoms with Crippen LogP contribution in [-0.4, -0.2) is 38.6 Å². The second-order valence-electron chi connectivity index (χ2n) is 8.22. The lowest BCUT2D eigenvalue weighted by atomic mass is 9.65. The van der Waals surface area contributed by atoms with Gasteiger partial charge in [0, 0.05) is 5.41 Å². The minimum Gasteiger partial charge on any atom is -0.491 e. The minimum absolute atomic E-state index is 0.0918. The van der Waals surface area contributed by atoms with Crippen molar-refractivity contribution in [2.45, 2.75) is 49.7 Å². The average Bonchev–Trinajstić information content (AvgIpc) is 3.67. The summed E-state index contributed by atoms with van der Waals surface area (Å²) in [5.74, 6) is 1.85. The summed E-state index contributed by atoms with van der Waals surface area (Å²) in [6, 6.07) is 17.5. The second-order valence-corrected chi connectivity index (χ2v) is 8.22. The summed E-state index contributed by atoms with van der Waals surface area (Å²) in [5, 5.41) is 0. The van der Waals surface area contributed by atoms with Crippen molar-refractivity contribution in [3.8, 4) is 11.5 Å². The molecule has 0 bridgehead atoms. The van der Waals surface area contributed by atoms with E-state index in [2.05, 4.69) is 48.5 Å². The first kappa shape index (κ1) is 18.0. The van der Waals surface area contributed by atoms with E-state index in [1.807, 2.05) is 0 Å². The van der Waals surface area contributed by atoms with Crippen molar-refractivity contribution < 1.29 is 18.9 Å². The first-order valence-electron chi connectivity index (χ1n) is 10.5. The summed E-state index contributed by atoms with van der Waals surface area (Å²) in [4.78, 5) is 0. The van der Waals surface area contributed by atoms with Gasteiger partial charge in [-0.05, 0) is 48.2 Å². The predicted octanol–water partition coefficient (Wildman–Crippen LogP) is 4.49. The molecule has 2 aromatic carbocycles. The van der Waals surface area contributed by atoms with Crippen LogP contribution in [0.2, 0.25) is 0 Å². The summed E-state index contributed by atoms with van der Waals surface area (Å²) in [6.45, 7) is 2.96. The molecule has 0 radical (unpaired) electrons. The van der Waals surface area contributed by atoms with Crippen molar-refractivity contribution in [1.29, 1.82) is 0 Å². The van der Waals surface area contributed by atoms with E-state index in [-0.39, 0.29) is 17.6 Å². The molecule has 28 heavy (non-hydrogen) atoms. The molecule has 2 saturated heterocycles. The van der Waals surface area contributed by atoms with Gasteiger partial charge in [0.1, 0.15) is 36.9 Å². The molecule has 2 unspecified atom stereocenters. The van der Waals surface area contributed by atoms with E-state index >= 15 is 0 Å². The number of rotatable bonds is 8. The molecule has 4 nitrogen and oxygen atoms in total. The molecule has 148 valence electrons. The van der Waals surface area contributed by atoms with Crippen LogP contribution in [0.5, 0.6) is 11.5 Å². The van der Waals surface area contributed by atoms with Crippen molar-refractivity contribution >= 4 is 0 Å². The van der Waals surface area contributed by atoms with Crippen molar-refractivity contribution in [1.82, 2.24) is 0 Å². The molecule has 1 aliphatic carbocycles. The van der Waals surface area contributed by atoms with Gasteiger partial charge in [0.2, 0.25) is 0 Å². The molecule has 0 aromatic heterocycles. The van der Waals surface area contributed by atoms with Crippen LogP contribution >= 0.6 is 0 Å². The van der Waals surface area contributed by atoms with E-state index in [9.17, 15) is 0 Å². The van der Waals surface area contributed by atoms with E-state index < -0.39 is 0 Å². The molecule has 5 rings (SSSR count). The van der Waals surface area contributed by atoms with E-state index in [0.717, 1.165) is 24.7 Å². The smallest absolute Gasteiger partial charge is 0.119 e. The zero-order valence-corrected chi connectivity index (χ0v) is 16.3. The maximum Gasteiger partial charge on any atom is 0.119 e. The van der Waals surface area contributed by atoms with Gasteiger partial charge in [-0.2, -0.15) is 0 Å². The summed E-state index contributed by atoms with van der Waals surface area (Å²) in [6.07, 6.45) is 6.84. The van der Waals surface area contributed by atoms with E-state index in [1.165, 1.54) is 43.2 Å². The quantitative estimate of drug-likeness (QED) is 0.633. The maximum absolute atomic E-state index is 5.83. The molecule has 0 amide bonds. The summed E-state index contributed by atoms with van der Waals surface area (Å²) in [5.41, 5.74) is 2.87. The molecule has 0 N–H and O–H groups in total. The van der Waals surface area contributed by atoms with Crippen LogP contribution in [0.1, 0.15) is 43.2 Å². The molecule has 2 heterocycles. The Hall–Kier alpha value is -2.04. The SMILES string of the molecule is c1cc(C2(c3ccc(OCC4CO4)cc3)CCCCC2)ccc1OCC1CO1. The third-order valence-corrected chi connectivity index (χ3v) is 6.20. The topological polar surface area (TPSA) is 43.5 Å². The predicted molar refractivity (Wildman–Crippen MR) is 107 cm³/mol. The molecule has 0 spiro atoms. The zero-order valence-electron chi connectivity index (χ0n) is 16.3. The lowest BCUT2D eigenvalue weighted by molar-refractivity contribution is 0.262. The van der Waals surface area contributed by atoms with Gasteiger partial charge >= 0.3 is 0 Å². The van der Waals surface area contributed by atoms with Crippen molar-refractivity contribution in [3.05, 3.63) is 59.7 Å². The number of hydrogen-bond acceptors (Lipinski definition) is 4. The van der Waals surface area contributed by atoms with Crippen LogP contribution in [0.15, 0.2) is 48.5 Å². The van der Waals surface area contributed by atoms with Crippen molar-refractivity contribution in [3.63, 3.8) is 0 Å². The Morgan fingerprint density at radius 1 is 0.679 bits per heavy atom. The van der Waals surface area contributed by atoms with Gasteiger partial charge in [0.05, 0.1) is 13.2 Å². The van der Waals surface area contributed by atoms with Gasteiger partial charge in [-0.15, -0.1) is 0 Å². The normalized spacial score (nSPS) is 25.1. The Labute approximate surface area is 166 Å². The highest BCUT2D eigenvalue weighted by Gasteiger charge is 2.35. The van der Waals surface area contributed by atoms with Crippen LogP contribution in [0.3, 0.4) is 0 Å². The van der Waals surface area contributed by atoms with Gasteiger partial charge < -0.3 is 18.9 Å². The summed E-state index contributed by atoms with van der Waals surface area (Å²) >= 11 is 0. The molecule has 4 heteroatoms. The first-order valence-corrected chi connectivity index (χ1v) is 10.5. The molecule has 2 aliphatic heterocycles. The van der Waals surface area contributed by atoms with Gasteiger partial charge in [-0.1, -0.05) is 43.5 Å². The molecule has 2 atom stereocenters. The summed E-state index contributed by atoms with van der Waals surface area (Å²) in [7, 11) is 0. The molecule has 3 aliphatic rings. The first-order chi connectivity index (χ1) is 13.8. The second kappa shape index (κ2) is 7.76. The minimum atomic E-state index is 0.0918. The highest BCUT2D eigenvalue weighted by Crippen LogP contribution is 2.45. The average molecular weight is 380 g/mol. The molecular formula is C24H28O4. The van der Waals surface area contributed by atoms with Crippen LogP contribution in [0, 0.1) is 0 Å².